The summed E-state index contributed by atoms with van der Waals surface area (Å²) in [6.45, 7) is 0. The summed E-state index contributed by atoms with van der Waals surface area (Å²) in [4.78, 5) is 0. The molecule has 0 unspecified atom stereocenters. The second kappa shape index (κ2) is 4.44. The predicted octanol–water partition coefficient (Wildman–Crippen LogP) is 5.21. The maximum Gasteiger partial charge on any atom is 0.149 e. The zero-order valence-corrected chi connectivity index (χ0v) is 12.5. The molecule has 0 amide bonds. The molecule has 3 aromatic rings. The smallest absolute Gasteiger partial charge is 0.149 e. The van der Waals surface area contributed by atoms with Gasteiger partial charge in [-0.25, -0.2) is 0 Å². The normalized spacial score (nSPS) is 11.0. The van der Waals surface area contributed by atoms with Crippen LogP contribution in [0.3, 0.4) is 0 Å². The Labute approximate surface area is 121 Å². The summed E-state index contributed by atoms with van der Waals surface area (Å²) in [6.07, 6.45) is 0. The molecule has 0 saturated heterocycles. The summed E-state index contributed by atoms with van der Waals surface area (Å²) in [6, 6.07) is 13.7. The number of anilines is 1. The van der Waals surface area contributed by atoms with Gasteiger partial charge in [-0.3, -0.25) is 0 Å². The van der Waals surface area contributed by atoms with Gasteiger partial charge in [0.05, 0.1) is 4.47 Å². The van der Waals surface area contributed by atoms with Crippen molar-refractivity contribution in [2.24, 2.45) is 0 Å². The molecule has 0 spiro atoms. The molecule has 90 valence electrons. The molecule has 2 N–H and O–H groups in total. The fourth-order valence-electron chi connectivity index (χ4n) is 1.87. The number of nitrogen functional groups attached to an aromatic ring is 1. The summed E-state index contributed by atoms with van der Waals surface area (Å²) >= 11 is 6.97. The molecule has 0 aliphatic rings. The van der Waals surface area contributed by atoms with Gasteiger partial charge in [0, 0.05) is 21.1 Å². The molecule has 0 fully saturated rings. The van der Waals surface area contributed by atoms with E-state index in [1.807, 2.05) is 42.5 Å². The molecule has 2 aromatic carbocycles. The van der Waals surface area contributed by atoms with Crippen molar-refractivity contribution in [3.63, 3.8) is 0 Å². The highest BCUT2D eigenvalue weighted by Crippen LogP contribution is 2.34. The molecule has 0 saturated carbocycles. The first-order valence-corrected chi connectivity index (χ1v) is 6.96. The number of benzene rings is 2. The molecular weight excluding hydrogens is 358 g/mol. The van der Waals surface area contributed by atoms with E-state index >= 15 is 0 Å². The van der Waals surface area contributed by atoms with Gasteiger partial charge in [-0.1, -0.05) is 15.9 Å². The highest BCUT2D eigenvalue weighted by Gasteiger charge is 2.09. The second-order valence-corrected chi connectivity index (χ2v) is 5.81. The first-order valence-electron chi connectivity index (χ1n) is 5.38. The zero-order valence-electron chi connectivity index (χ0n) is 9.28. The minimum atomic E-state index is 0.749. The van der Waals surface area contributed by atoms with E-state index in [1.165, 1.54) is 0 Å². The van der Waals surface area contributed by atoms with Gasteiger partial charge in [-0.05, 0) is 58.4 Å². The maximum atomic E-state index is 5.87. The van der Waals surface area contributed by atoms with Crippen molar-refractivity contribution in [3.8, 4) is 11.3 Å². The van der Waals surface area contributed by atoms with Crippen LogP contribution in [0.4, 0.5) is 5.69 Å². The highest BCUT2D eigenvalue weighted by atomic mass is 79.9. The summed E-state index contributed by atoms with van der Waals surface area (Å²) in [5.41, 5.74) is 8.30. The Balaban J connectivity index is 2.19. The Kier molecular flexibility index (Phi) is 2.92. The quantitative estimate of drug-likeness (QED) is 0.600. The van der Waals surface area contributed by atoms with Crippen LogP contribution in [0.5, 0.6) is 0 Å². The summed E-state index contributed by atoms with van der Waals surface area (Å²) in [5, 5.41) is 1.06. The third-order valence-electron chi connectivity index (χ3n) is 2.73. The molecule has 0 aliphatic heterocycles. The first-order chi connectivity index (χ1) is 8.63. The molecule has 2 nitrogen and oxygen atoms in total. The topological polar surface area (TPSA) is 39.2 Å². The number of hydrogen-bond donors (Lipinski definition) is 1. The minimum absolute atomic E-state index is 0.749. The van der Waals surface area contributed by atoms with Gasteiger partial charge in [0.25, 0.3) is 0 Å². The van der Waals surface area contributed by atoms with Crippen molar-refractivity contribution in [1.82, 2.24) is 0 Å². The van der Waals surface area contributed by atoms with E-state index in [4.69, 9.17) is 10.2 Å². The first kappa shape index (κ1) is 11.8. The van der Waals surface area contributed by atoms with Crippen LogP contribution < -0.4 is 5.73 Å². The Morgan fingerprint density at radius 3 is 2.39 bits per heavy atom. The van der Waals surface area contributed by atoms with Crippen molar-refractivity contribution in [2.45, 2.75) is 0 Å². The monoisotopic (exact) mass is 365 g/mol. The summed E-state index contributed by atoms with van der Waals surface area (Å²) in [7, 11) is 0. The van der Waals surface area contributed by atoms with Crippen LogP contribution in [0.15, 0.2) is 55.8 Å². The third kappa shape index (κ3) is 2.06. The van der Waals surface area contributed by atoms with Crippen LogP contribution in [0.1, 0.15) is 0 Å². The van der Waals surface area contributed by atoms with E-state index in [9.17, 15) is 0 Å². The zero-order chi connectivity index (χ0) is 12.7. The van der Waals surface area contributed by atoms with E-state index in [0.717, 1.165) is 36.9 Å². The van der Waals surface area contributed by atoms with E-state index in [2.05, 4.69) is 31.9 Å². The number of halogens is 2. The Morgan fingerprint density at radius 2 is 1.67 bits per heavy atom. The Bertz CT molecular complexity index is 716. The summed E-state index contributed by atoms with van der Waals surface area (Å²) in [5.74, 6) is 0.837. The van der Waals surface area contributed by atoms with Crippen molar-refractivity contribution < 1.29 is 4.42 Å². The fraction of sp³-hybridized carbons (Fsp3) is 0. The van der Waals surface area contributed by atoms with Crippen LogP contribution in [0.2, 0.25) is 0 Å². The second-order valence-electron chi connectivity index (χ2n) is 4.04. The SMILES string of the molecule is Nc1ccc(-c2cc3cc(Br)cc(Br)c3o2)cc1. The average molecular weight is 367 g/mol. The van der Waals surface area contributed by atoms with Gasteiger partial charge < -0.3 is 10.2 Å². The van der Waals surface area contributed by atoms with Crippen LogP contribution in [0, 0.1) is 0 Å². The van der Waals surface area contributed by atoms with Crippen molar-refractivity contribution >= 4 is 48.5 Å². The van der Waals surface area contributed by atoms with E-state index in [1.54, 1.807) is 0 Å². The standard InChI is InChI=1S/C14H9Br2NO/c15-10-5-9-6-13(18-14(9)12(16)7-10)8-1-3-11(17)4-2-8/h1-7H,17H2. The van der Waals surface area contributed by atoms with Gasteiger partial charge in [0.2, 0.25) is 0 Å². The van der Waals surface area contributed by atoms with E-state index in [-0.39, 0.29) is 0 Å². The molecule has 0 radical (unpaired) electrons. The lowest BCUT2D eigenvalue weighted by molar-refractivity contribution is 0.629. The van der Waals surface area contributed by atoms with E-state index < -0.39 is 0 Å². The van der Waals surface area contributed by atoms with Gasteiger partial charge in [-0.2, -0.15) is 0 Å². The lowest BCUT2D eigenvalue weighted by atomic mass is 10.1. The average Bonchev–Trinajstić information content (AvgIpc) is 2.74. The fourth-order valence-corrected chi connectivity index (χ4v) is 3.20. The maximum absolute atomic E-state index is 5.87. The van der Waals surface area contributed by atoms with Gasteiger partial charge in [0.15, 0.2) is 0 Å². The number of furan rings is 1. The molecule has 0 aliphatic carbocycles. The summed E-state index contributed by atoms with van der Waals surface area (Å²) < 4.78 is 7.83. The molecule has 1 aromatic heterocycles. The lowest BCUT2D eigenvalue weighted by Gasteiger charge is -1.97. The third-order valence-corrected chi connectivity index (χ3v) is 3.78. The van der Waals surface area contributed by atoms with Gasteiger partial charge >= 0.3 is 0 Å². The number of rotatable bonds is 1. The Morgan fingerprint density at radius 1 is 0.944 bits per heavy atom. The number of nitrogens with two attached hydrogens (primary N) is 1. The molecule has 3 rings (SSSR count). The molecule has 0 atom stereocenters. The van der Waals surface area contributed by atoms with Crippen LogP contribution >= 0.6 is 31.9 Å². The van der Waals surface area contributed by atoms with Crippen molar-refractivity contribution in [3.05, 3.63) is 51.4 Å². The van der Waals surface area contributed by atoms with Crippen molar-refractivity contribution in [2.75, 3.05) is 5.73 Å². The van der Waals surface area contributed by atoms with Crippen LogP contribution in [-0.2, 0) is 0 Å². The Hall–Kier alpha value is -1.26. The number of hydrogen-bond acceptors (Lipinski definition) is 2. The molecule has 0 bridgehead atoms. The van der Waals surface area contributed by atoms with Crippen LogP contribution in [0.25, 0.3) is 22.3 Å². The number of fused-ring (bicyclic) bond motifs is 1. The van der Waals surface area contributed by atoms with Gasteiger partial charge in [0.1, 0.15) is 11.3 Å². The van der Waals surface area contributed by atoms with Crippen LogP contribution in [-0.4, -0.2) is 0 Å². The minimum Gasteiger partial charge on any atom is -0.455 e. The lowest BCUT2D eigenvalue weighted by Crippen LogP contribution is -1.82. The molecule has 18 heavy (non-hydrogen) atoms. The molecule has 1 heterocycles. The van der Waals surface area contributed by atoms with E-state index in [0.29, 0.717) is 0 Å². The highest BCUT2D eigenvalue weighted by molar-refractivity contribution is 9.11. The predicted molar refractivity (Wildman–Crippen MR) is 81.5 cm³/mol. The molecule has 4 heteroatoms. The largest absolute Gasteiger partial charge is 0.455 e. The van der Waals surface area contributed by atoms with Crippen molar-refractivity contribution in [1.29, 1.82) is 0 Å². The van der Waals surface area contributed by atoms with Gasteiger partial charge in [-0.15, -0.1) is 0 Å². The molecular formula is C14H9Br2NO.